The van der Waals surface area contributed by atoms with Crippen molar-refractivity contribution in [2.75, 3.05) is 23.9 Å². The Hall–Kier alpha value is -3.35. The molecule has 0 fully saturated rings. The fourth-order valence-electron chi connectivity index (χ4n) is 4.06. The molecule has 3 aromatic rings. The quantitative estimate of drug-likeness (QED) is 0.634. The van der Waals surface area contributed by atoms with Crippen LogP contribution in [0.5, 0.6) is 0 Å². The third kappa shape index (κ3) is 3.63. The molecule has 2 aromatic carbocycles. The summed E-state index contributed by atoms with van der Waals surface area (Å²) in [6.45, 7) is 4.09. The van der Waals surface area contributed by atoms with E-state index in [0.717, 1.165) is 40.6 Å². The maximum atomic E-state index is 13.6. The monoisotopic (exact) mass is 409 g/mol. The van der Waals surface area contributed by atoms with Gasteiger partial charge in [-0.3, -0.25) is 4.79 Å². The van der Waals surface area contributed by atoms with Gasteiger partial charge in [-0.2, -0.15) is 0 Å². The first-order valence-corrected chi connectivity index (χ1v) is 9.93. The highest BCUT2D eigenvalue weighted by Gasteiger charge is 2.27. The van der Waals surface area contributed by atoms with Crippen LogP contribution in [0.25, 0.3) is 10.9 Å². The lowest BCUT2D eigenvalue weighted by Crippen LogP contribution is -2.42. The molecule has 7 heteroatoms. The first kappa shape index (κ1) is 19.9. The number of aryl methyl sites for hydroxylation is 2. The summed E-state index contributed by atoms with van der Waals surface area (Å²) >= 11 is 0. The number of halogens is 1. The topological polar surface area (TPSA) is 74.4 Å². The molecular weight excluding hydrogens is 385 g/mol. The Morgan fingerprint density at radius 2 is 2.07 bits per heavy atom. The lowest BCUT2D eigenvalue weighted by molar-refractivity contribution is -0.115. The van der Waals surface area contributed by atoms with E-state index < -0.39 is 5.97 Å². The van der Waals surface area contributed by atoms with Crippen LogP contribution in [0.4, 0.5) is 15.8 Å². The number of H-pyrrole nitrogens is 1. The molecule has 30 heavy (non-hydrogen) atoms. The lowest BCUT2D eigenvalue weighted by atomic mass is 9.96. The number of esters is 1. The van der Waals surface area contributed by atoms with Crippen molar-refractivity contribution in [3.05, 3.63) is 59.0 Å². The number of carbonyl (C=O) groups excluding carboxylic acids is 2. The van der Waals surface area contributed by atoms with Crippen LogP contribution in [0.1, 0.15) is 35.0 Å². The molecule has 4 rings (SSSR count). The standard InChI is InChI=1S/C23H24FN3O3/c1-13-4-8-18-17(10-13)21(22(25-18)23(29)30-3)26-20(28)12-27-14(2)5-6-15-11-16(24)7-9-19(15)27/h4,7-11,14,25H,5-6,12H2,1-3H3,(H,26,28)/t14-/m1/s1. The maximum Gasteiger partial charge on any atom is 0.356 e. The number of nitrogens with zero attached hydrogens (tertiary/aromatic N) is 1. The summed E-state index contributed by atoms with van der Waals surface area (Å²) in [7, 11) is 1.30. The number of anilines is 2. The smallest absolute Gasteiger partial charge is 0.356 e. The van der Waals surface area contributed by atoms with E-state index >= 15 is 0 Å². The van der Waals surface area contributed by atoms with E-state index in [-0.39, 0.29) is 30.0 Å². The van der Waals surface area contributed by atoms with Gasteiger partial charge < -0.3 is 19.9 Å². The van der Waals surface area contributed by atoms with Gasteiger partial charge in [-0.15, -0.1) is 0 Å². The van der Waals surface area contributed by atoms with Crippen molar-refractivity contribution in [3.8, 4) is 0 Å². The molecule has 1 aliphatic rings. The average Bonchev–Trinajstić information content (AvgIpc) is 3.07. The van der Waals surface area contributed by atoms with Crippen LogP contribution in [-0.2, 0) is 16.0 Å². The Morgan fingerprint density at radius 3 is 2.83 bits per heavy atom. The summed E-state index contributed by atoms with van der Waals surface area (Å²) in [5, 5.41) is 3.65. The lowest BCUT2D eigenvalue weighted by Gasteiger charge is -2.36. The minimum Gasteiger partial charge on any atom is -0.464 e. The van der Waals surface area contributed by atoms with Gasteiger partial charge >= 0.3 is 5.97 Å². The zero-order valence-corrected chi connectivity index (χ0v) is 17.2. The molecule has 0 saturated carbocycles. The van der Waals surface area contributed by atoms with Gasteiger partial charge in [0.05, 0.1) is 19.3 Å². The predicted octanol–water partition coefficient (Wildman–Crippen LogP) is 4.18. The molecule has 156 valence electrons. The molecule has 2 heterocycles. The van der Waals surface area contributed by atoms with Gasteiger partial charge in [0.1, 0.15) is 11.5 Å². The van der Waals surface area contributed by atoms with E-state index in [2.05, 4.69) is 17.2 Å². The van der Waals surface area contributed by atoms with E-state index in [1.807, 2.05) is 30.0 Å². The fraction of sp³-hybridized carbons (Fsp3) is 0.304. The second kappa shape index (κ2) is 7.82. The Labute approximate surface area is 174 Å². The molecule has 1 aliphatic heterocycles. The number of aromatic amines is 1. The number of amides is 1. The Balaban J connectivity index is 1.64. The van der Waals surface area contributed by atoms with Gasteiger partial charge in [-0.25, -0.2) is 9.18 Å². The maximum absolute atomic E-state index is 13.6. The molecule has 0 unspecified atom stereocenters. The van der Waals surface area contributed by atoms with Crippen molar-refractivity contribution in [1.82, 2.24) is 4.98 Å². The van der Waals surface area contributed by atoms with Gasteiger partial charge in [0.2, 0.25) is 5.91 Å². The van der Waals surface area contributed by atoms with Gasteiger partial charge in [0.25, 0.3) is 0 Å². The van der Waals surface area contributed by atoms with E-state index in [1.54, 1.807) is 6.07 Å². The summed E-state index contributed by atoms with van der Waals surface area (Å²) in [5.41, 5.74) is 4.14. The van der Waals surface area contributed by atoms with Crippen molar-refractivity contribution in [2.45, 2.75) is 32.7 Å². The van der Waals surface area contributed by atoms with Crippen LogP contribution < -0.4 is 10.2 Å². The number of hydrogen-bond acceptors (Lipinski definition) is 4. The number of methoxy groups -OCH3 is 1. The van der Waals surface area contributed by atoms with E-state index in [4.69, 9.17) is 4.74 Å². The van der Waals surface area contributed by atoms with Crippen LogP contribution in [0.15, 0.2) is 36.4 Å². The van der Waals surface area contributed by atoms with Crippen LogP contribution in [-0.4, -0.2) is 36.6 Å². The first-order valence-electron chi connectivity index (χ1n) is 9.93. The predicted molar refractivity (Wildman–Crippen MR) is 115 cm³/mol. The number of nitrogens with one attached hydrogen (secondary N) is 2. The number of hydrogen-bond donors (Lipinski definition) is 2. The summed E-state index contributed by atoms with van der Waals surface area (Å²) in [6, 6.07) is 10.5. The van der Waals surface area contributed by atoms with Gasteiger partial charge in [0.15, 0.2) is 0 Å². The number of fused-ring (bicyclic) bond motifs is 2. The molecule has 0 aliphatic carbocycles. The van der Waals surface area contributed by atoms with E-state index in [0.29, 0.717) is 5.69 Å². The van der Waals surface area contributed by atoms with Crippen molar-refractivity contribution in [2.24, 2.45) is 0 Å². The van der Waals surface area contributed by atoms with Gasteiger partial charge in [-0.05, 0) is 62.6 Å². The molecule has 0 bridgehead atoms. The van der Waals surface area contributed by atoms with Gasteiger partial charge in [0, 0.05) is 22.6 Å². The van der Waals surface area contributed by atoms with E-state index in [9.17, 15) is 14.0 Å². The molecule has 0 saturated heterocycles. The largest absolute Gasteiger partial charge is 0.464 e. The number of ether oxygens (including phenoxy) is 1. The Kier molecular flexibility index (Phi) is 5.20. The van der Waals surface area contributed by atoms with Crippen LogP contribution in [0.3, 0.4) is 0 Å². The third-order valence-corrected chi connectivity index (χ3v) is 5.64. The molecule has 1 aromatic heterocycles. The molecule has 2 N–H and O–H groups in total. The third-order valence-electron chi connectivity index (χ3n) is 5.64. The summed E-state index contributed by atoms with van der Waals surface area (Å²) in [4.78, 5) is 30.3. The second-order valence-electron chi connectivity index (χ2n) is 7.75. The van der Waals surface area contributed by atoms with E-state index in [1.165, 1.54) is 19.2 Å². The fourth-order valence-corrected chi connectivity index (χ4v) is 4.06. The van der Waals surface area contributed by atoms with Crippen LogP contribution in [0, 0.1) is 12.7 Å². The zero-order valence-electron chi connectivity index (χ0n) is 17.2. The normalized spacial score (nSPS) is 15.7. The number of aromatic nitrogens is 1. The number of carbonyl (C=O) groups is 2. The Morgan fingerprint density at radius 1 is 1.27 bits per heavy atom. The minimum atomic E-state index is -0.550. The Bertz CT molecular complexity index is 1140. The molecule has 0 radical (unpaired) electrons. The zero-order chi connectivity index (χ0) is 21.4. The van der Waals surface area contributed by atoms with Crippen molar-refractivity contribution in [3.63, 3.8) is 0 Å². The summed E-state index contributed by atoms with van der Waals surface area (Å²) in [6.07, 6.45) is 1.62. The highest BCUT2D eigenvalue weighted by molar-refractivity contribution is 6.11. The average molecular weight is 409 g/mol. The van der Waals surface area contributed by atoms with Crippen molar-refractivity contribution in [1.29, 1.82) is 0 Å². The molecule has 0 spiro atoms. The highest BCUT2D eigenvalue weighted by atomic mass is 19.1. The number of benzene rings is 2. The van der Waals surface area contributed by atoms with Crippen molar-refractivity contribution >= 4 is 34.2 Å². The molecule has 1 atom stereocenters. The highest BCUT2D eigenvalue weighted by Crippen LogP contribution is 2.32. The summed E-state index contributed by atoms with van der Waals surface area (Å²) < 4.78 is 18.5. The van der Waals surface area contributed by atoms with Gasteiger partial charge in [-0.1, -0.05) is 11.6 Å². The first-order chi connectivity index (χ1) is 14.4. The van der Waals surface area contributed by atoms with Crippen LogP contribution in [0.2, 0.25) is 0 Å². The summed E-state index contributed by atoms with van der Waals surface area (Å²) in [5.74, 6) is -1.08. The molecule has 1 amide bonds. The van der Waals surface area contributed by atoms with Crippen molar-refractivity contribution < 1.29 is 18.7 Å². The molecular formula is C23H24FN3O3. The second-order valence-corrected chi connectivity index (χ2v) is 7.75. The SMILES string of the molecule is COC(=O)c1[nH]c2ccc(C)cc2c1NC(=O)CN1c2ccc(F)cc2CC[C@H]1C. The van der Waals surface area contributed by atoms with Crippen LogP contribution >= 0.6 is 0 Å². The molecule has 6 nitrogen and oxygen atoms in total. The number of rotatable bonds is 4. The minimum absolute atomic E-state index is 0.0961.